The Balaban J connectivity index is 1.96. The summed E-state index contributed by atoms with van der Waals surface area (Å²) in [5.74, 6) is 2.74. The normalized spacial score (nSPS) is 21.8. The molecule has 23 heavy (non-hydrogen) atoms. The lowest BCUT2D eigenvalue weighted by atomic mass is 9.87. The highest BCUT2D eigenvalue weighted by Gasteiger charge is 2.18. The molecule has 1 aromatic heterocycles. The molecule has 0 radical (unpaired) electrons. The van der Waals surface area contributed by atoms with Crippen LogP contribution in [0.15, 0.2) is 23.2 Å². The molecule has 5 heteroatoms. The molecular formula is C18H31N5. The van der Waals surface area contributed by atoms with Gasteiger partial charge < -0.3 is 15.5 Å². The molecule has 0 aromatic carbocycles. The zero-order chi connectivity index (χ0) is 16.7. The molecule has 1 aromatic rings. The fraction of sp³-hybridized carbons (Fsp3) is 0.667. The minimum atomic E-state index is 0.546. The molecule has 5 nitrogen and oxygen atoms in total. The maximum atomic E-state index is 4.71. The maximum Gasteiger partial charge on any atom is 0.191 e. The lowest BCUT2D eigenvalue weighted by Gasteiger charge is -2.28. The summed E-state index contributed by atoms with van der Waals surface area (Å²) in [7, 11) is 4.01. The average Bonchev–Trinajstić information content (AvgIpc) is 2.55. The minimum Gasteiger partial charge on any atom is -0.363 e. The smallest absolute Gasteiger partial charge is 0.191 e. The van der Waals surface area contributed by atoms with Gasteiger partial charge in [0.2, 0.25) is 0 Å². The molecule has 1 aliphatic carbocycles. The summed E-state index contributed by atoms with van der Waals surface area (Å²) >= 11 is 0. The highest BCUT2D eigenvalue weighted by Crippen LogP contribution is 2.23. The SMILES string of the molecule is CCNC(=NCc1cccc(N(C)C)n1)NC1CCC(C)CC1. The number of anilines is 1. The van der Waals surface area contributed by atoms with Gasteiger partial charge in [-0.3, -0.25) is 0 Å². The molecule has 2 N–H and O–H groups in total. The molecule has 1 saturated carbocycles. The van der Waals surface area contributed by atoms with Gasteiger partial charge in [-0.15, -0.1) is 0 Å². The van der Waals surface area contributed by atoms with E-state index in [0.29, 0.717) is 12.6 Å². The lowest BCUT2D eigenvalue weighted by Crippen LogP contribution is -2.44. The Labute approximate surface area is 140 Å². The Morgan fingerprint density at radius 1 is 1.26 bits per heavy atom. The predicted molar refractivity (Wildman–Crippen MR) is 97.9 cm³/mol. The first kappa shape index (κ1) is 17.6. The van der Waals surface area contributed by atoms with E-state index in [4.69, 9.17) is 4.99 Å². The number of nitrogens with zero attached hydrogens (tertiary/aromatic N) is 3. The summed E-state index contributed by atoms with van der Waals surface area (Å²) in [4.78, 5) is 11.3. The number of hydrogen-bond donors (Lipinski definition) is 2. The van der Waals surface area contributed by atoms with E-state index < -0.39 is 0 Å². The van der Waals surface area contributed by atoms with Gasteiger partial charge in [0, 0.05) is 26.7 Å². The third kappa shape index (κ3) is 5.73. The van der Waals surface area contributed by atoms with E-state index in [0.717, 1.165) is 29.9 Å². The van der Waals surface area contributed by atoms with Gasteiger partial charge in [0.05, 0.1) is 12.2 Å². The van der Waals surface area contributed by atoms with Crippen molar-refractivity contribution < 1.29 is 0 Å². The number of guanidine groups is 1. The van der Waals surface area contributed by atoms with Crippen LogP contribution >= 0.6 is 0 Å². The van der Waals surface area contributed by atoms with Gasteiger partial charge >= 0.3 is 0 Å². The van der Waals surface area contributed by atoms with Crippen molar-refractivity contribution in [3.8, 4) is 0 Å². The second kappa shape index (κ2) is 8.75. The van der Waals surface area contributed by atoms with E-state index in [1.807, 2.05) is 37.2 Å². The van der Waals surface area contributed by atoms with Crippen LogP contribution in [-0.2, 0) is 6.54 Å². The van der Waals surface area contributed by atoms with Crippen LogP contribution in [0.3, 0.4) is 0 Å². The summed E-state index contributed by atoms with van der Waals surface area (Å²) in [6, 6.07) is 6.63. The third-order valence-corrected chi connectivity index (χ3v) is 4.35. The zero-order valence-electron chi connectivity index (χ0n) is 15.0. The van der Waals surface area contributed by atoms with Crippen LogP contribution < -0.4 is 15.5 Å². The Bertz CT molecular complexity index is 504. The van der Waals surface area contributed by atoms with Crippen LogP contribution in [0, 0.1) is 5.92 Å². The van der Waals surface area contributed by atoms with Gasteiger partial charge in [0.15, 0.2) is 5.96 Å². The van der Waals surface area contributed by atoms with Crippen molar-refractivity contribution in [2.75, 3.05) is 25.5 Å². The van der Waals surface area contributed by atoms with E-state index >= 15 is 0 Å². The second-order valence-electron chi connectivity index (χ2n) is 6.68. The van der Waals surface area contributed by atoms with Crippen molar-refractivity contribution in [3.05, 3.63) is 23.9 Å². The molecule has 0 saturated heterocycles. The van der Waals surface area contributed by atoms with E-state index in [9.17, 15) is 0 Å². The Morgan fingerprint density at radius 2 is 2.00 bits per heavy atom. The molecular weight excluding hydrogens is 286 g/mol. The Kier molecular flexibility index (Phi) is 6.68. The molecule has 1 fully saturated rings. The Morgan fingerprint density at radius 3 is 2.65 bits per heavy atom. The number of nitrogens with one attached hydrogen (secondary N) is 2. The van der Waals surface area contributed by atoms with E-state index in [-0.39, 0.29) is 0 Å². The van der Waals surface area contributed by atoms with Gasteiger partial charge in [-0.2, -0.15) is 0 Å². The molecule has 0 amide bonds. The van der Waals surface area contributed by atoms with E-state index in [1.54, 1.807) is 0 Å². The molecule has 1 aliphatic rings. The monoisotopic (exact) mass is 317 g/mol. The molecule has 1 heterocycles. The van der Waals surface area contributed by atoms with Crippen molar-refractivity contribution in [3.63, 3.8) is 0 Å². The molecule has 0 atom stereocenters. The lowest BCUT2D eigenvalue weighted by molar-refractivity contribution is 0.329. The topological polar surface area (TPSA) is 52.6 Å². The van der Waals surface area contributed by atoms with Gasteiger partial charge in [0.25, 0.3) is 0 Å². The maximum absolute atomic E-state index is 4.71. The van der Waals surface area contributed by atoms with Crippen molar-refractivity contribution in [1.29, 1.82) is 0 Å². The largest absolute Gasteiger partial charge is 0.363 e. The summed E-state index contributed by atoms with van der Waals surface area (Å²) in [6.07, 6.45) is 5.09. The fourth-order valence-electron chi connectivity index (χ4n) is 2.88. The number of aliphatic imine (C=N–C) groups is 1. The second-order valence-corrected chi connectivity index (χ2v) is 6.68. The standard InChI is InChI=1S/C18H31N5/c1-5-19-18(22-15-11-9-14(2)10-12-15)20-13-16-7-6-8-17(21-16)23(3)4/h6-8,14-15H,5,9-13H2,1-4H3,(H2,19,20,22). The van der Waals surface area contributed by atoms with Crippen molar-refractivity contribution >= 4 is 11.8 Å². The first-order valence-electron chi connectivity index (χ1n) is 8.76. The van der Waals surface area contributed by atoms with Gasteiger partial charge in [-0.25, -0.2) is 9.98 Å². The van der Waals surface area contributed by atoms with Crippen LogP contribution in [0.5, 0.6) is 0 Å². The summed E-state index contributed by atoms with van der Waals surface area (Å²) in [6.45, 7) is 5.92. The minimum absolute atomic E-state index is 0.546. The third-order valence-electron chi connectivity index (χ3n) is 4.35. The molecule has 0 aliphatic heterocycles. The summed E-state index contributed by atoms with van der Waals surface area (Å²) in [5, 5.41) is 6.94. The molecule has 2 rings (SSSR count). The van der Waals surface area contributed by atoms with E-state index in [1.165, 1.54) is 25.7 Å². The van der Waals surface area contributed by atoms with Crippen molar-refractivity contribution in [2.24, 2.45) is 10.9 Å². The van der Waals surface area contributed by atoms with Crippen LogP contribution in [-0.4, -0.2) is 37.6 Å². The van der Waals surface area contributed by atoms with Crippen LogP contribution in [0.2, 0.25) is 0 Å². The number of aromatic nitrogens is 1. The molecule has 128 valence electrons. The highest BCUT2D eigenvalue weighted by molar-refractivity contribution is 5.80. The zero-order valence-corrected chi connectivity index (χ0v) is 15.0. The van der Waals surface area contributed by atoms with Gasteiger partial charge in [-0.1, -0.05) is 13.0 Å². The highest BCUT2D eigenvalue weighted by atomic mass is 15.2. The Hall–Kier alpha value is -1.78. The summed E-state index contributed by atoms with van der Waals surface area (Å²) in [5.41, 5.74) is 0.991. The summed E-state index contributed by atoms with van der Waals surface area (Å²) < 4.78 is 0. The molecule has 0 unspecified atom stereocenters. The predicted octanol–water partition coefficient (Wildman–Crippen LogP) is 2.78. The number of rotatable bonds is 5. The van der Waals surface area contributed by atoms with Crippen LogP contribution in [0.1, 0.15) is 45.2 Å². The van der Waals surface area contributed by atoms with Crippen molar-refractivity contribution in [2.45, 2.75) is 52.1 Å². The molecule has 0 bridgehead atoms. The van der Waals surface area contributed by atoms with Gasteiger partial charge in [-0.05, 0) is 50.7 Å². The van der Waals surface area contributed by atoms with Crippen LogP contribution in [0.25, 0.3) is 0 Å². The van der Waals surface area contributed by atoms with Crippen LogP contribution in [0.4, 0.5) is 5.82 Å². The average molecular weight is 317 g/mol. The number of pyridine rings is 1. The van der Waals surface area contributed by atoms with Gasteiger partial charge in [0.1, 0.15) is 5.82 Å². The first-order chi connectivity index (χ1) is 11.1. The quantitative estimate of drug-likeness (QED) is 0.648. The van der Waals surface area contributed by atoms with E-state index in [2.05, 4.69) is 29.5 Å². The van der Waals surface area contributed by atoms with Crippen molar-refractivity contribution in [1.82, 2.24) is 15.6 Å². The molecule has 0 spiro atoms. The first-order valence-corrected chi connectivity index (χ1v) is 8.76. The fourth-order valence-corrected chi connectivity index (χ4v) is 2.88. The number of hydrogen-bond acceptors (Lipinski definition) is 3.